The van der Waals surface area contributed by atoms with Gasteiger partial charge in [-0.2, -0.15) is 0 Å². The summed E-state index contributed by atoms with van der Waals surface area (Å²) in [5.41, 5.74) is 6.79. The highest BCUT2D eigenvalue weighted by Crippen LogP contribution is 2.24. The lowest BCUT2D eigenvalue weighted by atomic mass is 10.1. The minimum absolute atomic E-state index is 0.146. The van der Waals surface area contributed by atoms with E-state index in [-0.39, 0.29) is 11.9 Å². The van der Waals surface area contributed by atoms with Crippen LogP contribution in [0.5, 0.6) is 5.75 Å². The van der Waals surface area contributed by atoms with Gasteiger partial charge < -0.3 is 20.5 Å². The molecule has 0 aromatic heterocycles. The van der Waals surface area contributed by atoms with Crippen molar-refractivity contribution in [3.05, 3.63) is 29.8 Å². The summed E-state index contributed by atoms with van der Waals surface area (Å²) in [5, 5.41) is 2.91. The largest absolute Gasteiger partial charge is 0.496 e. The fourth-order valence-corrected chi connectivity index (χ4v) is 2.00. The van der Waals surface area contributed by atoms with Crippen LogP contribution >= 0.6 is 0 Å². The Morgan fingerprint density at radius 1 is 1.35 bits per heavy atom. The van der Waals surface area contributed by atoms with Crippen molar-refractivity contribution in [2.45, 2.75) is 31.8 Å². The normalized spacial score (nSPS) is 13.6. The lowest BCUT2D eigenvalue weighted by molar-refractivity contribution is -0.123. The lowest BCUT2D eigenvalue weighted by Crippen LogP contribution is -2.41. The van der Waals surface area contributed by atoms with Gasteiger partial charge in [0.1, 0.15) is 5.75 Å². The van der Waals surface area contributed by atoms with Gasteiger partial charge in [0.15, 0.2) is 0 Å². The summed E-state index contributed by atoms with van der Waals surface area (Å²) in [4.78, 5) is 12.0. The number of amides is 1. The van der Waals surface area contributed by atoms with Gasteiger partial charge in [-0.15, -0.1) is 0 Å². The second-order valence-electron chi connectivity index (χ2n) is 4.71. The molecule has 0 aliphatic heterocycles. The number of hydrogen-bond acceptors (Lipinski definition) is 4. The summed E-state index contributed by atoms with van der Waals surface area (Å²) in [5.74, 6) is 0.604. The summed E-state index contributed by atoms with van der Waals surface area (Å²) in [6.07, 6.45) is 1.38. The Morgan fingerprint density at radius 3 is 2.70 bits per heavy atom. The molecule has 0 saturated carbocycles. The van der Waals surface area contributed by atoms with Gasteiger partial charge in [0.25, 0.3) is 0 Å². The maximum atomic E-state index is 12.0. The average Bonchev–Trinajstić information content (AvgIpc) is 2.47. The Morgan fingerprint density at radius 2 is 2.05 bits per heavy atom. The molecule has 1 unspecified atom stereocenters. The van der Waals surface area contributed by atoms with E-state index in [0.717, 1.165) is 17.7 Å². The van der Waals surface area contributed by atoms with E-state index in [0.29, 0.717) is 13.0 Å². The third kappa shape index (κ3) is 4.83. The molecule has 5 heteroatoms. The molecule has 0 radical (unpaired) electrons. The highest BCUT2D eigenvalue weighted by Gasteiger charge is 2.18. The van der Waals surface area contributed by atoms with Gasteiger partial charge in [-0.1, -0.05) is 18.2 Å². The molecule has 1 aromatic carbocycles. The molecule has 5 nitrogen and oxygen atoms in total. The molecule has 0 heterocycles. The van der Waals surface area contributed by atoms with E-state index < -0.39 is 6.04 Å². The van der Waals surface area contributed by atoms with Crippen LogP contribution in [0.3, 0.4) is 0 Å². The number of carbonyl (C=O) groups excluding carboxylic acids is 1. The quantitative estimate of drug-likeness (QED) is 0.710. The Hall–Kier alpha value is -1.59. The third-order valence-corrected chi connectivity index (χ3v) is 3.16. The molecular weight excluding hydrogens is 256 g/mol. The fraction of sp³-hybridized carbons (Fsp3) is 0.533. The molecule has 3 N–H and O–H groups in total. The van der Waals surface area contributed by atoms with Crippen molar-refractivity contribution < 1.29 is 14.3 Å². The zero-order valence-corrected chi connectivity index (χ0v) is 12.4. The van der Waals surface area contributed by atoms with E-state index in [9.17, 15) is 4.79 Å². The molecule has 0 spiro atoms. The fourth-order valence-electron chi connectivity index (χ4n) is 2.00. The predicted octanol–water partition coefficient (Wildman–Crippen LogP) is 1.63. The minimum Gasteiger partial charge on any atom is -0.496 e. The number of benzene rings is 1. The number of hydrogen-bond donors (Lipinski definition) is 2. The van der Waals surface area contributed by atoms with Crippen LogP contribution in [0.1, 0.15) is 31.4 Å². The van der Waals surface area contributed by atoms with Crippen LogP contribution in [0.15, 0.2) is 24.3 Å². The predicted molar refractivity (Wildman–Crippen MR) is 78.6 cm³/mol. The van der Waals surface area contributed by atoms with Crippen molar-refractivity contribution in [3.63, 3.8) is 0 Å². The van der Waals surface area contributed by atoms with Gasteiger partial charge in [0.2, 0.25) is 5.91 Å². The van der Waals surface area contributed by atoms with Crippen LogP contribution in [-0.4, -0.2) is 32.8 Å². The number of para-hydroxylation sites is 1. The highest BCUT2D eigenvalue weighted by molar-refractivity contribution is 5.81. The minimum atomic E-state index is -0.512. The van der Waals surface area contributed by atoms with Crippen LogP contribution in [0, 0.1) is 0 Å². The average molecular weight is 280 g/mol. The topological polar surface area (TPSA) is 73.6 Å². The molecule has 1 rings (SSSR count). The van der Waals surface area contributed by atoms with Crippen LogP contribution in [0.25, 0.3) is 0 Å². The molecular formula is C15H24N2O3. The maximum absolute atomic E-state index is 12.0. The highest BCUT2D eigenvalue weighted by atomic mass is 16.5. The van der Waals surface area contributed by atoms with Crippen molar-refractivity contribution >= 4 is 5.91 Å². The van der Waals surface area contributed by atoms with Crippen molar-refractivity contribution in [1.29, 1.82) is 0 Å². The Kier molecular flexibility index (Phi) is 7.04. The molecule has 20 heavy (non-hydrogen) atoms. The number of rotatable bonds is 8. The van der Waals surface area contributed by atoms with Crippen LogP contribution in [0.4, 0.5) is 0 Å². The molecule has 1 aromatic rings. The van der Waals surface area contributed by atoms with Gasteiger partial charge in [0.05, 0.1) is 19.2 Å². The zero-order valence-electron chi connectivity index (χ0n) is 12.4. The number of nitrogens with two attached hydrogens (primary N) is 1. The zero-order chi connectivity index (χ0) is 15.0. The van der Waals surface area contributed by atoms with Gasteiger partial charge >= 0.3 is 0 Å². The molecule has 0 aliphatic carbocycles. The van der Waals surface area contributed by atoms with E-state index in [1.807, 2.05) is 31.2 Å². The molecule has 1 amide bonds. The second kappa shape index (κ2) is 8.55. The van der Waals surface area contributed by atoms with Crippen molar-refractivity contribution in [2.24, 2.45) is 5.73 Å². The summed E-state index contributed by atoms with van der Waals surface area (Å²) in [6, 6.07) is 6.96. The maximum Gasteiger partial charge on any atom is 0.237 e. The van der Waals surface area contributed by atoms with Crippen LogP contribution in [0.2, 0.25) is 0 Å². The van der Waals surface area contributed by atoms with Crippen LogP contribution in [-0.2, 0) is 9.53 Å². The first-order chi connectivity index (χ1) is 9.60. The van der Waals surface area contributed by atoms with Gasteiger partial charge in [-0.25, -0.2) is 0 Å². The Labute approximate surface area is 120 Å². The first-order valence-electron chi connectivity index (χ1n) is 6.78. The number of carbonyl (C=O) groups is 1. The lowest BCUT2D eigenvalue weighted by Gasteiger charge is -2.19. The molecule has 0 saturated heterocycles. The van der Waals surface area contributed by atoms with Gasteiger partial charge in [-0.3, -0.25) is 4.79 Å². The van der Waals surface area contributed by atoms with E-state index in [4.69, 9.17) is 15.2 Å². The monoisotopic (exact) mass is 280 g/mol. The number of nitrogens with one attached hydrogen (secondary N) is 1. The molecule has 2 atom stereocenters. The number of methoxy groups -OCH3 is 2. The first kappa shape index (κ1) is 16.5. The van der Waals surface area contributed by atoms with E-state index >= 15 is 0 Å². The first-order valence-corrected chi connectivity index (χ1v) is 6.78. The summed E-state index contributed by atoms with van der Waals surface area (Å²) in [7, 11) is 3.25. The second-order valence-corrected chi connectivity index (χ2v) is 4.71. The van der Waals surface area contributed by atoms with Gasteiger partial charge in [0, 0.05) is 19.3 Å². The van der Waals surface area contributed by atoms with Crippen LogP contribution < -0.4 is 15.8 Å². The Bertz CT molecular complexity index is 423. The van der Waals surface area contributed by atoms with Crippen molar-refractivity contribution in [1.82, 2.24) is 5.32 Å². The summed E-state index contributed by atoms with van der Waals surface area (Å²) < 4.78 is 10.2. The smallest absolute Gasteiger partial charge is 0.237 e. The van der Waals surface area contributed by atoms with Gasteiger partial charge in [-0.05, 0) is 25.8 Å². The Balaban J connectivity index is 2.56. The summed E-state index contributed by atoms with van der Waals surface area (Å²) >= 11 is 0. The molecule has 112 valence electrons. The van der Waals surface area contributed by atoms with Crippen molar-refractivity contribution in [2.75, 3.05) is 20.8 Å². The third-order valence-electron chi connectivity index (χ3n) is 3.16. The van der Waals surface area contributed by atoms with E-state index in [2.05, 4.69) is 5.32 Å². The standard InChI is InChI=1S/C15H24N2O3/c1-11(12-7-4-5-9-14(12)20-3)17-15(18)13(16)8-6-10-19-2/h4-5,7,9,11,13H,6,8,10,16H2,1-3H3,(H,17,18)/t11-,13?/m0/s1. The molecule has 0 aliphatic rings. The van der Waals surface area contributed by atoms with Crippen molar-refractivity contribution in [3.8, 4) is 5.75 Å². The molecule has 0 bridgehead atoms. The number of ether oxygens (including phenoxy) is 2. The SMILES string of the molecule is COCCCC(N)C(=O)N[C@@H](C)c1ccccc1OC. The summed E-state index contributed by atoms with van der Waals surface area (Å²) in [6.45, 7) is 2.53. The molecule has 0 fully saturated rings. The van der Waals surface area contributed by atoms with E-state index in [1.165, 1.54) is 0 Å². The van der Waals surface area contributed by atoms with E-state index in [1.54, 1.807) is 14.2 Å².